The highest BCUT2D eigenvalue weighted by Gasteiger charge is 2.16. The van der Waals surface area contributed by atoms with E-state index in [4.69, 9.17) is 4.74 Å². The summed E-state index contributed by atoms with van der Waals surface area (Å²) in [6.45, 7) is 8.35. The van der Waals surface area contributed by atoms with Gasteiger partial charge >= 0.3 is 0 Å². The first-order valence-electron chi connectivity index (χ1n) is 4.95. The first kappa shape index (κ1) is 13.2. The molecule has 2 nitrogen and oxygen atoms in total. The zero-order valence-electron chi connectivity index (χ0n) is 8.93. The average molecular weight is 208 g/mol. The van der Waals surface area contributed by atoms with Crippen molar-refractivity contribution in [1.29, 1.82) is 0 Å². The predicted octanol–water partition coefficient (Wildman–Crippen LogP) is 2.37. The summed E-state index contributed by atoms with van der Waals surface area (Å²) >= 11 is 0. The maximum atomic E-state index is 5.71. The molecule has 0 aromatic heterocycles. The van der Waals surface area contributed by atoms with Gasteiger partial charge in [-0.15, -0.1) is 12.4 Å². The SMILES string of the molecule is CC(C)(C)OC[C@H]1CCCCN1.Cl. The highest BCUT2D eigenvalue weighted by molar-refractivity contribution is 5.85. The zero-order chi connectivity index (χ0) is 9.03. The minimum absolute atomic E-state index is 0. The Morgan fingerprint density at radius 2 is 2.00 bits per heavy atom. The highest BCUT2D eigenvalue weighted by Crippen LogP contribution is 2.12. The summed E-state index contributed by atoms with van der Waals surface area (Å²) in [6.07, 6.45) is 3.95. The molecular weight excluding hydrogens is 186 g/mol. The van der Waals surface area contributed by atoms with E-state index in [-0.39, 0.29) is 18.0 Å². The van der Waals surface area contributed by atoms with Crippen molar-refractivity contribution in [3.05, 3.63) is 0 Å². The third kappa shape index (κ3) is 6.30. The van der Waals surface area contributed by atoms with Crippen LogP contribution >= 0.6 is 12.4 Å². The first-order chi connectivity index (χ1) is 5.58. The predicted molar refractivity (Wildman–Crippen MR) is 58.6 cm³/mol. The summed E-state index contributed by atoms with van der Waals surface area (Å²) in [6, 6.07) is 0.595. The van der Waals surface area contributed by atoms with Crippen LogP contribution in [0.2, 0.25) is 0 Å². The van der Waals surface area contributed by atoms with Crippen LogP contribution in [-0.4, -0.2) is 24.8 Å². The van der Waals surface area contributed by atoms with Crippen molar-refractivity contribution in [2.24, 2.45) is 0 Å². The molecule has 0 bridgehead atoms. The van der Waals surface area contributed by atoms with Crippen LogP contribution in [0.1, 0.15) is 40.0 Å². The Kier molecular flexibility index (Phi) is 5.93. The zero-order valence-corrected chi connectivity index (χ0v) is 9.75. The minimum Gasteiger partial charge on any atom is -0.374 e. The van der Waals surface area contributed by atoms with Crippen molar-refractivity contribution < 1.29 is 4.74 Å². The van der Waals surface area contributed by atoms with Gasteiger partial charge in [-0.2, -0.15) is 0 Å². The Labute approximate surface area is 87.8 Å². The summed E-state index contributed by atoms with van der Waals surface area (Å²) in [7, 11) is 0. The van der Waals surface area contributed by atoms with Gasteiger partial charge in [0.2, 0.25) is 0 Å². The smallest absolute Gasteiger partial charge is 0.0626 e. The largest absolute Gasteiger partial charge is 0.374 e. The molecule has 1 saturated heterocycles. The molecule has 1 aliphatic rings. The Bertz CT molecular complexity index is 127. The summed E-state index contributed by atoms with van der Waals surface area (Å²) in [4.78, 5) is 0. The van der Waals surface area contributed by atoms with Gasteiger partial charge < -0.3 is 10.1 Å². The lowest BCUT2D eigenvalue weighted by atomic mass is 10.1. The standard InChI is InChI=1S/C10H21NO.ClH/c1-10(2,3)12-8-9-6-4-5-7-11-9;/h9,11H,4-8H2,1-3H3;1H/t9-;/m1./s1. The van der Waals surface area contributed by atoms with E-state index >= 15 is 0 Å². The third-order valence-corrected chi connectivity index (χ3v) is 2.13. The van der Waals surface area contributed by atoms with Gasteiger partial charge in [0.25, 0.3) is 0 Å². The van der Waals surface area contributed by atoms with Crippen LogP contribution in [0, 0.1) is 0 Å². The molecule has 1 aliphatic heterocycles. The molecule has 0 saturated carbocycles. The van der Waals surface area contributed by atoms with Crippen LogP contribution in [0.4, 0.5) is 0 Å². The molecule has 1 N–H and O–H groups in total. The molecule has 0 aromatic carbocycles. The van der Waals surface area contributed by atoms with E-state index in [0.717, 1.165) is 13.2 Å². The van der Waals surface area contributed by atoms with E-state index in [0.29, 0.717) is 6.04 Å². The lowest BCUT2D eigenvalue weighted by molar-refractivity contribution is -0.0174. The molecule has 13 heavy (non-hydrogen) atoms. The highest BCUT2D eigenvalue weighted by atomic mass is 35.5. The van der Waals surface area contributed by atoms with E-state index in [2.05, 4.69) is 26.1 Å². The van der Waals surface area contributed by atoms with E-state index in [1.807, 2.05) is 0 Å². The fourth-order valence-electron chi connectivity index (χ4n) is 1.42. The summed E-state index contributed by atoms with van der Waals surface area (Å²) < 4.78 is 5.71. The van der Waals surface area contributed by atoms with E-state index in [1.54, 1.807) is 0 Å². The monoisotopic (exact) mass is 207 g/mol. The molecule has 1 fully saturated rings. The summed E-state index contributed by atoms with van der Waals surface area (Å²) in [5, 5.41) is 3.47. The van der Waals surface area contributed by atoms with Crippen molar-refractivity contribution in [3.8, 4) is 0 Å². The number of nitrogens with one attached hydrogen (secondary N) is 1. The summed E-state index contributed by atoms with van der Waals surface area (Å²) in [5.74, 6) is 0. The number of ether oxygens (including phenoxy) is 1. The van der Waals surface area contributed by atoms with Crippen LogP contribution in [0.15, 0.2) is 0 Å². The molecule has 0 aromatic rings. The molecule has 0 unspecified atom stereocenters. The lowest BCUT2D eigenvalue weighted by Crippen LogP contribution is -2.39. The molecule has 0 spiro atoms. The molecule has 80 valence electrons. The second kappa shape index (κ2) is 5.84. The second-order valence-electron chi connectivity index (χ2n) is 4.57. The second-order valence-corrected chi connectivity index (χ2v) is 4.57. The van der Waals surface area contributed by atoms with E-state index in [9.17, 15) is 0 Å². The van der Waals surface area contributed by atoms with Gasteiger partial charge in [0.15, 0.2) is 0 Å². The average Bonchev–Trinajstić information content (AvgIpc) is 2.02. The van der Waals surface area contributed by atoms with Crippen molar-refractivity contribution in [3.63, 3.8) is 0 Å². The molecule has 3 heteroatoms. The van der Waals surface area contributed by atoms with Gasteiger partial charge in [0.1, 0.15) is 0 Å². The van der Waals surface area contributed by atoms with E-state index < -0.39 is 0 Å². The molecular formula is C10H22ClNO. The van der Waals surface area contributed by atoms with Crippen LogP contribution in [-0.2, 0) is 4.74 Å². The van der Waals surface area contributed by atoms with Gasteiger partial charge in [-0.1, -0.05) is 6.42 Å². The number of hydrogen-bond donors (Lipinski definition) is 1. The van der Waals surface area contributed by atoms with Crippen molar-refractivity contribution >= 4 is 12.4 Å². The van der Waals surface area contributed by atoms with Crippen LogP contribution < -0.4 is 5.32 Å². The van der Waals surface area contributed by atoms with Crippen LogP contribution in [0.3, 0.4) is 0 Å². The maximum Gasteiger partial charge on any atom is 0.0626 e. The van der Waals surface area contributed by atoms with Gasteiger partial charge in [-0.25, -0.2) is 0 Å². The van der Waals surface area contributed by atoms with Crippen molar-refractivity contribution in [1.82, 2.24) is 5.32 Å². The van der Waals surface area contributed by atoms with Gasteiger partial charge in [-0.3, -0.25) is 0 Å². The van der Waals surface area contributed by atoms with Crippen molar-refractivity contribution in [2.75, 3.05) is 13.2 Å². The quantitative estimate of drug-likeness (QED) is 0.751. The number of rotatable bonds is 2. The topological polar surface area (TPSA) is 21.3 Å². The fourth-order valence-corrected chi connectivity index (χ4v) is 1.42. The molecule has 1 rings (SSSR count). The van der Waals surface area contributed by atoms with Crippen LogP contribution in [0.25, 0.3) is 0 Å². The van der Waals surface area contributed by atoms with Gasteiger partial charge in [0, 0.05) is 6.04 Å². The van der Waals surface area contributed by atoms with Gasteiger partial charge in [0.05, 0.1) is 12.2 Å². The third-order valence-electron chi connectivity index (χ3n) is 2.13. The normalized spacial score (nSPS) is 23.8. The van der Waals surface area contributed by atoms with Crippen molar-refractivity contribution in [2.45, 2.75) is 51.7 Å². The number of piperidine rings is 1. The Morgan fingerprint density at radius 1 is 1.31 bits per heavy atom. The molecule has 0 amide bonds. The maximum absolute atomic E-state index is 5.71. The van der Waals surface area contributed by atoms with Gasteiger partial charge in [-0.05, 0) is 40.2 Å². The number of halogens is 1. The molecule has 0 radical (unpaired) electrons. The Balaban J connectivity index is 0.00000144. The first-order valence-corrected chi connectivity index (χ1v) is 4.95. The molecule has 0 aliphatic carbocycles. The minimum atomic E-state index is 0. The summed E-state index contributed by atoms with van der Waals surface area (Å²) in [5.41, 5.74) is 0.0130. The Morgan fingerprint density at radius 3 is 2.46 bits per heavy atom. The number of hydrogen-bond acceptors (Lipinski definition) is 2. The van der Waals surface area contributed by atoms with E-state index in [1.165, 1.54) is 19.3 Å². The molecule has 1 heterocycles. The Hall–Kier alpha value is 0.210. The molecule has 1 atom stereocenters. The fraction of sp³-hybridized carbons (Fsp3) is 1.00. The lowest BCUT2D eigenvalue weighted by Gasteiger charge is -2.27. The van der Waals surface area contributed by atoms with Crippen LogP contribution in [0.5, 0.6) is 0 Å².